The molecular formula is C14H14BrN5O2. The second kappa shape index (κ2) is 6.99. The smallest absolute Gasteiger partial charge is 0.269 e. The summed E-state index contributed by atoms with van der Waals surface area (Å²) in [4.78, 5) is 14.5. The van der Waals surface area contributed by atoms with Crippen molar-refractivity contribution in [2.24, 2.45) is 0 Å². The first-order valence-electron chi connectivity index (χ1n) is 6.66. The Bertz CT molecular complexity index is 786. The largest absolute Gasteiger partial charge is 0.323 e. The van der Waals surface area contributed by atoms with Crippen molar-refractivity contribution in [2.45, 2.75) is 13.8 Å². The third-order valence-electron chi connectivity index (χ3n) is 2.65. The number of aromatic nitrogens is 3. The van der Waals surface area contributed by atoms with Crippen LogP contribution in [0.15, 0.2) is 47.1 Å². The molecular weight excluding hydrogens is 350 g/mol. The highest BCUT2D eigenvalue weighted by atomic mass is 79.9. The number of halogens is 1. The lowest BCUT2D eigenvalue weighted by Crippen LogP contribution is -1.94. The summed E-state index contributed by atoms with van der Waals surface area (Å²) in [7, 11) is 0. The van der Waals surface area contributed by atoms with Crippen molar-refractivity contribution >= 4 is 38.9 Å². The molecule has 0 saturated carbocycles. The first kappa shape index (κ1) is 15.9. The maximum Gasteiger partial charge on any atom is 0.269 e. The molecule has 2 aromatic heterocycles. The molecule has 0 saturated heterocycles. The van der Waals surface area contributed by atoms with Gasteiger partial charge in [-0.3, -0.25) is 10.1 Å². The zero-order chi connectivity index (χ0) is 16.1. The van der Waals surface area contributed by atoms with E-state index in [0.717, 1.165) is 4.47 Å². The van der Waals surface area contributed by atoms with Crippen molar-refractivity contribution in [3.05, 3.63) is 57.2 Å². The van der Waals surface area contributed by atoms with E-state index in [0.29, 0.717) is 17.3 Å². The van der Waals surface area contributed by atoms with Gasteiger partial charge in [-0.05, 0) is 40.2 Å². The number of fused-ring (bicyclic) bond motifs is 1. The van der Waals surface area contributed by atoms with Crippen LogP contribution in [0.4, 0.5) is 17.3 Å². The Labute approximate surface area is 135 Å². The molecule has 7 nitrogen and oxygen atoms in total. The van der Waals surface area contributed by atoms with E-state index in [9.17, 15) is 10.1 Å². The van der Waals surface area contributed by atoms with Gasteiger partial charge in [-0.1, -0.05) is 13.8 Å². The summed E-state index contributed by atoms with van der Waals surface area (Å²) in [6.45, 7) is 4.00. The standard InChI is InChI=1S/C12H8BrN5O2.C2H6/c13-10-2-1-7-17-11(10)15-12(16-17)14-8-3-5-9(6-4-8)18(19)20;1-2/h1-7H,(H,14,16);1-2H3. The highest BCUT2D eigenvalue weighted by molar-refractivity contribution is 9.10. The van der Waals surface area contributed by atoms with Gasteiger partial charge in [0.25, 0.3) is 5.69 Å². The number of non-ortho nitro benzene ring substituents is 1. The fraction of sp³-hybridized carbons (Fsp3) is 0.143. The van der Waals surface area contributed by atoms with E-state index in [2.05, 4.69) is 31.3 Å². The number of nitrogens with one attached hydrogen (secondary N) is 1. The average molecular weight is 364 g/mol. The van der Waals surface area contributed by atoms with E-state index in [1.807, 2.05) is 26.0 Å². The number of nitro benzene ring substituents is 1. The topological polar surface area (TPSA) is 85.4 Å². The Kier molecular flexibility index (Phi) is 5.05. The monoisotopic (exact) mass is 363 g/mol. The van der Waals surface area contributed by atoms with E-state index in [1.54, 1.807) is 22.8 Å². The van der Waals surface area contributed by atoms with Gasteiger partial charge in [-0.2, -0.15) is 4.98 Å². The second-order valence-electron chi connectivity index (χ2n) is 3.99. The zero-order valence-corrected chi connectivity index (χ0v) is 13.6. The van der Waals surface area contributed by atoms with Crippen molar-refractivity contribution in [2.75, 3.05) is 5.32 Å². The number of nitrogens with zero attached hydrogens (tertiary/aromatic N) is 4. The summed E-state index contributed by atoms with van der Waals surface area (Å²) in [6, 6.07) is 9.79. The molecule has 2 heterocycles. The molecule has 0 aliphatic heterocycles. The van der Waals surface area contributed by atoms with E-state index in [-0.39, 0.29) is 5.69 Å². The van der Waals surface area contributed by atoms with Crippen LogP contribution in [0.2, 0.25) is 0 Å². The molecule has 0 fully saturated rings. The van der Waals surface area contributed by atoms with E-state index in [1.165, 1.54) is 12.1 Å². The first-order valence-corrected chi connectivity index (χ1v) is 7.45. The number of hydrogen-bond acceptors (Lipinski definition) is 5. The van der Waals surface area contributed by atoms with Crippen LogP contribution in [0.25, 0.3) is 5.65 Å². The molecule has 0 unspecified atom stereocenters. The van der Waals surface area contributed by atoms with Crippen LogP contribution in [0.1, 0.15) is 13.8 Å². The second-order valence-corrected chi connectivity index (χ2v) is 4.84. The van der Waals surface area contributed by atoms with Gasteiger partial charge in [0.2, 0.25) is 5.95 Å². The summed E-state index contributed by atoms with van der Waals surface area (Å²) in [5.74, 6) is 0.422. The Balaban J connectivity index is 0.000000847. The minimum absolute atomic E-state index is 0.0428. The zero-order valence-electron chi connectivity index (χ0n) is 12.0. The highest BCUT2D eigenvalue weighted by Crippen LogP contribution is 2.21. The summed E-state index contributed by atoms with van der Waals surface area (Å²) in [6.07, 6.45) is 1.79. The number of nitro groups is 1. The summed E-state index contributed by atoms with van der Waals surface area (Å²) >= 11 is 3.40. The van der Waals surface area contributed by atoms with Crippen molar-refractivity contribution < 1.29 is 4.92 Å². The molecule has 0 atom stereocenters. The summed E-state index contributed by atoms with van der Waals surface area (Å²) in [5, 5.41) is 17.8. The predicted molar refractivity (Wildman–Crippen MR) is 88.4 cm³/mol. The number of anilines is 2. The Morgan fingerprint density at radius 3 is 2.50 bits per heavy atom. The van der Waals surface area contributed by atoms with Crippen LogP contribution in [-0.2, 0) is 0 Å². The van der Waals surface area contributed by atoms with Gasteiger partial charge < -0.3 is 5.32 Å². The van der Waals surface area contributed by atoms with E-state index >= 15 is 0 Å². The predicted octanol–water partition coefficient (Wildman–Crippen LogP) is 4.17. The highest BCUT2D eigenvalue weighted by Gasteiger charge is 2.08. The van der Waals surface area contributed by atoms with Crippen LogP contribution in [0, 0.1) is 10.1 Å². The third kappa shape index (κ3) is 3.40. The lowest BCUT2D eigenvalue weighted by Gasteiger charge is -2.00. The first-order chi connectivity index (χ1) is 10.6. The molecule has 0 radical (unpaired) electrons. The van der Waals surface area contributed by atoms with Gasteiger partial charge >= 0.3 is 0 Å². The molecule has 3 aromatic rings. The molecule has 0 aliphatic carbocycles. The SMILES string of the molecule is CC.O=[N+]([O-])c1ccc(Nc2nc3c(Br)cccn3n2)cc1. The number of pyridine rings is 1. The van der Waals surface area contributed by atoms with Crippen LogP contribution in [0.3, 0.4) is 0 Å². The van der Waals surface area contributed by atoms with Gasteiger partial charge in [-0.15, -0.1) is 5.10 Å². The number of rotatable bonds is 3. The summed E-state index contributed by atoms with van der Waals surface area (Å²) < 4.78 is 2.47. The van der Waals surface area contributed by atoms with Crippen LogP contribution in [-0.4, -0.2) is 19.5 Å². The lowest BCUT2D eigenvalue weighted by molar-refractivity contribution is -0.384. The maximum atomic E-state index is 10.6. The molecule has 114 valence electrons. The molecule has 1 aromatic carbocycles. The van der Waals surface area contributed by atoms with Gasteiger partial charge in [0, 0.05) is 24.0 Å². The van der Waals surface area contributed by atoms with Crippen LogP contribution in [0.5, 0.6) is 0 Å². The lowest BCUT2D eigenvalue weighted by atomic mass is 10.3. The minimum Gasteiger partial charge on any atom is -0.323 e. The van der Waals surface area contributed by atoms with Gasteiger partial charge in [0.15, 0.2) is 5.65 Å². The average Bonchev–Trinajstić information content (AvgIpc) is 2.94. The number of benzene rings is 1. The third-order valence-corrected chi connectivity index (χ3v) is 3.27. The molecule has 0 aliphatic rings. The van der Waals surface area contributed by atoms with Crippen LogP contribution >= 0.6 is 15.9 Å². The van der Waals surface area contributed by atoms with Crippen LogP contribution < -0.4 is 5.32 Å². The van der Waals surface area contributed by atoms with Gasteiger partial charge in [0.05, 0.1) is 9.40 Å². The van der Waals surface area contributed by atoms with Crippen molar-refractivity contribution in [1.29, 1.82) is 0 Å². The molecule has 22 heavy (non-hydrogen) atoms. The fourth-order valence-electron chi connectivity index (χ4n) is 1.72. The summed E-state index contributed by atoms with van der Waals surface area (Å²) in [5.41, 5.74) is 1.42. The Hall–Kier alpha value is -2.48. The molecule has 0 spiro atoms. The molecule has 0 amide bonds. The Morgan fingerprint density at radius 1 is 1.23 bits per heavy atom. The number of hydrogen-bond donors (Lipinski definition) is 1. The molecule has 3 rings (SSSR count). The quantitative estimate of drug-likeness (QED) is 0.557. The van der Waals surface area contributed by atoms with Gasteiger partial charge in [0.1, 0.15) is 0 Å². The maximum absolute atomic E-state index is 10.6. The molecule has 8 heteroatoms. The van der Waals surface area contributed by atoms with E-state index < -0.39 is 4.92 Å². The fourth-order valence-corrected chi connectivity index (χ4v) is 2.15. The van der Waals surface area contributed by atoms with Crippen molar-refractivity contribution in [3.63, 3.8) is 0 Å². The molecule has 1 N–H and O–H groups in total. The van der Waals surface area contributed by atoms with Gasteiger partial charge in [-0.25, -0.2) is 4.52 Å². The molecule has 0 bridgehead atoms. The van der Waals surface area contributed by atoms with E-state index in [4.69, 9.17) is 0 Å². The minimum atomic E-state index is -0.440. The van der Waals surface area contributed by atoms with Crippen molar-refractivity contribution in [1.82, 2.24) is 14.6 Å². The Morgan fingerprint density at radius 2 is 1.91 bits per heavy atom. The normalized spacial score (nSPS) is 9.95. The van der Waals surface area contributed by atoms with Crippen molar-refractivity contribution in [3.8, 4) is 0 Å².